The van der Waals surface area contributed by atoms with Gasteiger partial charge in [0.1, 0.15) is 5.69 Å². The first-order valence-corrected chi connectivity index (χ1v) is 7.90. The lowest BCUT2D eigenvalue weighted by atomic mass is 9.86. The summed E-state index contributed by atoms with van der Waals surface area (Å²) in [6, 6.07) is 14.2. The number of Topliss-reactive ketones (excluding diaryl/α,β-unsaturated/α-hetero) is 1. The summed E-state index contributed by atoms with van der Waals surface area (Å²) in [5, 5.41) is 0. The largest absolute Gasteiger partial charge is 0.292 e. The van der Waals surface area contributed by atoms with Crippen LogP contribution in [0.5, 0.6) is 0 Å². The first-order chi connectivity index (χ1) is 10.4. The molecule has 2 aromatic rings. The molecule has 0 radical (unpaired) electrons. The zero-order valence-electron chi connectivity index (χ0n) is 14.0. The highest BCUT2D eigenvalue weighted by atomic mass is 16.1. The average molecular weight is 295 g/mol. The highest BCUT2D eigenvalue weighted by molar-refractivity contribution is 5.94. The maximum Gasteiger partial charge on any atom is 0.181 e. The Morgan fingerprint density at radius 2 is 1.77 bits per heavy atom. The quantitative estimate of drug-likeness (QED) is 0.739. The van der Waals surface area contributed by atoms with Crippen LogP contribution in [0.25, 0.3) is 0 Å². The molecule has 1 unspecified atom stereocenters. The number of ketones is 1. The summed E-state index contributed by atoms with van der Waals surface area (Å²) in [6.07, 6.45) is 3.13. The van der Waals surface area contributed by atoms with Gasteiger partial charge >= 0.3 is 0 Å². The molecule has 1 aromatic carbocycles. The maximum atomic E-state index is 12.2. The summed E-state index contributed by atoms with van der Waals surface area (Å²) >= 11 is 0. The maximum absolute atomic E-state index is 12.2. The van der Waals surface area contributed by atoms with Crippen LogP contribution >= 0.6 is 0 Å². The van der Waals surface area contributed by atoms with Gasteiger partial charge in [0.25, 0.3) is 0 Å². The van der Waals surface area contributed by atoms with Crippen LogP contribution in [0.2, 0.25) is 0 Å². The molecule has 0 aliphatic rings. The van der Waals surface area contributed by atoms with E-state index in [1.54, 1.807) is 12.3 Å². The van der Waals surface area contributed by atoms with Crippen molar-refractivity contribution in [2.75, 3.05) is 0 Å². The first kappa shape index (κ1) is 16.4. The van der Waals surface area contributed by atoms with Gasteiger partial charge in [0, 0.05) is 12.6 Å². The van der Waals surface area contributed by atoms with Crippen LogP contribution in [0.4, 0.5) is 0 Å². The molecule has 1 heterocycles. The van der Waals surface area contributed by atoms with Crippen LogP contribution in [-0.2, 0) is 11.8 Å². The molecule has 0 bridgehead atoms. The van der Waals surface area contributed by atoms with Crippen LogP contribution in [0.3, 0.4) is 0 Å². The molecule has 2 nitrogen and oxygen atoms in total. The molecule has 1 atom stereocenters. The van der Waals surface area contributed by atoms with E-state index in [9.17, 15) is 4.79 Å². The number of hydrogen-bond acceptors (Lipinski definition) is 2. The molecule has 116 valence electrons. The molecule has 0 N–H and O–H groups in total. The number of hydrogen-bond donors (Lipinski definition) is 0. The molecule has 22 heavy (non-hydrogen) atoms. The third kappa shape index (κ3) is 4.52. The van der Waals surface area contributed by atoms with Crippen LogP contribution < -0.4 is 0 Å². The molecule has 0 amide bonds. The molecule has 1 aromatic heterocycles. The fraction of sp³-hybridized carbons (Fsp3) is 0.400. The Balaban J connectivity index is 1.95. The van der Waals surface area contributed by atoms with E-state index in [1.165, 1.54) is 11.1 Å². The number of carbonyl (C=O) groups excluding carboxylic acids is 1. The molecule has 2 heteroatoms. The van der Waals surface area contributed by atoms with Gasteiger partial charge in [-0.15, -0.1) is 0 Å². The van der Waals surface area contributed by atoms with Gasteiger partial charge in [0.05, 0.1) is 0 Å². The number of pyridine rings is 1. The molecule has 0 spiro atoms. The Morgan fingerprint density at radius 1 is 1.09 bits per heavy atom. The van der Waals surface area contributed by atoms with Gasteiger partial charge in [-0.1, -0.05) is 58.0 Å². The average Bonchev–Trinajstić information content (AvgIpc) is 2.47. The monoisotopic (exact) mass is 295 g/mol. The molecule has 0 aliphatic carbocycles. The van der Waals surface area contributed by atoms with Crippen LogP contribution in [-0.4, -0.2) is 10.8 Å². The summed E-state index contributed by atoms with van der Waals surface area (Å²) < 4.78 is 0. The van der Waals surface area contributed by atoms with E-state index in [-0.39, 0.29) is 11.2 Å². The fourth-order valence-electron chi connectivity index (χ4n) is 2.56. The van der Waals surface area contributed by atoms with Crippen molar-refractivity contribution in [3.8, 4) is 0 Å². The Kier molecular flexibility index (Phi) is 5.12. The normalized spacial score (nSPS) is 12.9. The third-order valence-corrected chi connectivity index (χ3v) is 3.89. The highest BCUT2D eigenvalue weighted by Gasteiger charge is 2.15. The second-order valence-corrected chi connectivity index (χ2v) is 7.10. The van der Waals surface area contributed by atoms with E-state index >= 15 is 0 Å². The van der Waals surface area contributed by atoms with Gasteiger partial charge in [-0.05, 0) is 41.0 Å². The zero-order valence-corrected chi connectivity index (χ0v) is 14.0. The van der Waals surface area contributed by atoms with E-state index in [4.69, 9.17) is 0 Å². The van der Waals surface area contributed by atoms with Crippen LogP contribution in [0, 0.1) is 5.92 Å². The Bertz CT molecular complexity index is 608. The Morgan fingerprint density at radius 3 is 2.32 bits per heavy atom. The minimum Gasteiger partial charge on any atom is -0.292 e. The molecule has 0 saturated carbocycles. The van der Waals surface area contributed by atoms with E-state index < -0.39 is 0 Å². The smallest absolute Gasteiger partial charge is 0.181 e. The number of carbonyl (C=O) groups is 1. The highest BCUT2D eigenvalue weighted by Crippen LogP contribution is 2.23. The minimum absolute atomic E-state index is 0.124. The molecule has 0 saturated heterocycles. The van der Waals surface area contributed by atoms with Crippen molar-refractivity contribution < 1.29 is 4.79 Å². The van der Waals surface area contributed by atoms with Gasteiger partial charge in [-0.2, -0.15) is 0 Å². The molecular formula is C20H25NO. The summed E-state index contributed by atoms with van der Waals surface area (Å²) in [6.45, 7) is 8.78. The van der Waals surface area contributed by atoms with Crippen LogP contribution in [0.1, 0.15) is 55.7 Å². The van der Waals surface area contributed by atoms with Crippen molar-refractivity contribution in [2.45, 2.75) is 46.0 Å². The Hall–Kier alpha value is -1.96. The van der Waals surface area contributed by atoms with Crippen molar-refractivity contribution in [3.05, 3.63) is 65.5 Å². The Labute approximate surface area is 133 Å². The standard InChI is InChI=1S/C20H25NO/c1-15(14-19(22)18-7-5-6-12-21-18)13-16-8-10-17(11-9-16)20(2,3)4/h5-12,15H,13-14H2,1-4H3. The molecule has 2 rings (SSSR count). The molecular weight excluding hydrogens is 270 g/mol. The number of rotatable bonds is 5. The second kappa shape index (κ2) is 6.87. The number of aromatic nitrogens is 1. The topological polar surface area (TPSA) is 30.0 Å². The fourth-order valence-corrected chi connectivity index (χ4v) is 2.56. The van der Waals surface area contributed by atoms with Gasteiger partial charge < -0.3 is 0 Å². The summed E-state index contributed by atoms with van der Waals surface area (Å²) in [4.78, 5) is 16.3. The van der Waals surface area contributed by atoms with E-state index in [1.807, 2.05) is 12.1 Å². The lowest BCUT2D eigenvalue weighted by Crippen LogP contribution is -2.12. The van der Waals surface area contributed by atoms with Crippen molar-refractivity contribution in [1.82, 2.24) is 4.98 Å². The number of nitrogens with zero attached hydrogens (tertiary/aromatic N) is 1. The van der Waals surface area contributed by atoms with E-state index in [0.29, 0.717) is 18.0 Å². The lowest BCUT2D eigenvalue weighted by Gasteiger charge is -2.19. The SMILES string of the molecule is CC(CC(=O)c1ccccn1)Cc1ccc(C(C)(C)C)cc1. The third-order valence-electron chi connectivity index (χ3n) is 3.89. The lowest BCUT2D eigenvalue weighted by molar-refractivity contribution is 0.0959. The summed E-state index contributed by atoms with van der Waals surface area (Å²) in [5.41, 5.74) is 3.37. The van der Waals surface area contributed by atoms with Gasteiger partial charge in [-0.3, -0.25) is 9.78 Å². The van der Waals surface area contributed by atoms with Crippen LogP contribution in [0.15, 0.2) is 48.7 Å². The van der Waals surface area contributed by atoms with Gasteiger partial charge in [-0.25, -0.2) is 0 Å². The van der Waals surface area contributed by atoms with Crippen molar-refractivity contribution >= 4 is 5.78 Å². The van der Waals surface area contributed by atoms with Gasteiger partial charge in [0.2, 0.25) is 0 Å². The minimum atomic E-state index is 0.124. The predicted molar refractivity (Wildman–Crippen MR) is 91.2 cm³/mol. The second-order valence-electron chi connectivity index (χ2n) is 7.10. The first-order valence-electron chi connectivity index (χ1n) is 7.90. The predicted octanol–water partition coefficient (Wildman–Crippen LogP) is 4.83. The van der Waals surface area contributed by atoms with Gasteiger partial charge in [0.15, 0.2) is 5.78 Å². The van der Waals surface area contributed by atoms with Crippen molar-refractivity contribution in [1.29, 1.82) is 0 Å². The molecule has 0 fully saturated rings. The summed E-state index contributed by atoms with van der Waals surface area (Å²) in [7, 11) is 0. The zero-order chi connectivity index (χ0) is 16.2. The molecule has 0 aliphatic heterocycles. The van der Waals surface area contributed by atoms with E-state index in [2.05, 4.69) is 56.9 Å². The van der Waals surface area contributed by atoms with Crippen molar-refractivity contribution in [3.63, 3.8) is 0 Å². The van der Waals surface area contributed by atoms with Crippen molar-refractivity contribution in [2.24, 2.45) is 5.92 Å². The van der Waals surface area contributed by atoms with E-state index in [0.717, 1.165) is 6.42 Å². The summed E-state index contributed by atoms with van der Waals surface area (Å²) in [5.74, 6) is 0.439. The number of benzene rings is 1.